The van der Waals surface area contributed by atoms with Crippen molar-refractivity contribution in [3.05, 3.63) is 65.2 Å². The molecule has 2 aromatic rings. The van der Waals surface area contributed by atoms with Crippen LogP contribution in [0.5, 0.6) is 5.75 Å². The van der Waals surface area contributed by atoms with Crippen LogP contribution in [-0.4, -0.2) is 27.8 Å². The molecule has 2 N–H and O–H groups in total. The maximum atomic E-state index is 12.4. The molecular weight excluding hydrogens is 324 g/mol. The lowest BCUT2D eigenvalue weighted by Gasteiger charge is -2.26. The van der Waals surface area contributed by atoms with Crippen molar-refractivity contribution in [2.24, 2.45) is 0 Å². The van der Waals surface area contributed by atoms with E-state index in [9.17, 15) is 8.42 Å². The second kappa shape index (κ2) is 7.34. The number of hydrogen-bond donors (Lipinski definition) is 2. The van der Waals surface area contributed by atoms with Gasteiger partial charge in [-0.15, -0.1) is 0 Å². The average molecular weight is 346 g/mol. The van der Waals surface area contributed by atoms with Crippen molar-refractivity contribution >= 4 is 10.0 Å². The summed E-state index contributed by atoms with van der Waals surface area (Å²) >= 11 is 0. The summed E-state index contributed by atoms with van der Waals surface area (Å²) in [5, 5.41) is 3.31. The molecule has 0 fully saturated rings. The minimum Gasteiger partial charge on any atom is -0.497 e. The van der Waals surface area contributed by atoms with Crippen LogP contribution >= 0.6 is 0 Å². The SMILES string of the molecule is COc1ccc(CNS(=O)(=O)CC2NCCc3ccccc32)cc1. The van der Waals surface area contributed by atoms with Crippen LogP contribution in [0.1, 0.15) is 22.7 Å². The van der Waals surface area contributed by atoms with Gasteiger partial charge in [0.05, 0.1) is 12.9 Å². The van der Waals surface area contributed by atoms with Gasteiger partial charge in [-0.25, -0.2) is 13.1 Å². The van der Waals surface area contributed by atoms with Crippen molar-refractivity contribution in [1.82, 2.24) is 10.0 Å². The van der Waals surface area contributed by atoms with Gasteiger partial charge in [0.25, 0.3) is 0 Å². The Morgan fingerprint density at radius 2 is 1.92 bits per heavy atom. The maximum Gasteiger partial charge on any atom is 0.213 e. The van der Waals surface area contributed by atoms with Gasteiger partial charge in [0, 0.05) is 12.6 Å². The molecule has 0 saturated carbocycles. The molecule has 1 heterocycles. The fraction of sp³-hybridized carbons (Fsp3) is 0.333. The summed E-state index contributed by atoms with van der Waals surface area (Å²) in [7, 11) is -1.78. The number of rotatable bonds is 6. The predicted molar refractivity (Wildman–Crippen MR) is 94.5 cm³/mol. The summed E-state index contributed by atoms with van der Waals surface area (Å²) in [6.07, 6.45) is 0.937. The van der Waals surface area contributed by atoms with Crippen molar-refractivity contribution in [2.45, 2.75) is 19.0 Å². The summed E-state index contributed by atoms with van der Waals surface area (Å²) in [6.45, 7) is 1.08. The first kappa shape index (κ1) is 17.0. The van der Waals surface area contributed by atoms with Crippen molar-refractivity contribution in [2.75, 3.05) is 19.4 Å². The van der Waals surface area contributed by atoms with Crippen LogP contribution in [0.2, 0.25) is 0 Å². The number of benzene rings is 2. The maximum absolute atomic E-state index is 12.4. The zero-order valence-electron chi connectivity index (χ0n) is 13.7. The summed E-state index contributed by atoms with van der Waals surface area (Å²) in [5.41, 5.74) is 3.21. The Hall–Kier alpha value is -1.89. The van der Waals surface area contributed by atoms with Crippen LogP contribution in [0.4, 0.5) is 0 Å². The molecule has 0 aliphatic carbocycles. The zero-order valence-corrected chi connectivity index (χ0v) is 14.5. The second-order valence-electron chi connectivity index (χ2n) is 5.91. The summed E-state index contributed by atoms with van der Waals surface area (Å²) in [4.78, 5) is 0. The first-order valence-electron chi connectivity index (χ1n) is 7.99. The van der Waals surface area contributed by atoms with Gasteiger partial charge in [-0.3, -0.25) is 0 Å². The fourth-order valence-electron chi connectivity index (χ4n) is 2.96. The molecule has 1 aliphatic heterocycles. The van der Waals surface area contributed by atoms with E-state index in [1.54, 1.807) is 7.11 Å². The predicted octanol–water partition coefficient (Wildman–Crippen LogP) is 2.00. The zero-order chi connectivity index (χ0) is 17.0. The highest BCUT2D eigenvalue weighted by atomic mass is 32.2. The normalized spacial score (nSPS) is 17.3. The Morgan fingerprint density at radius 1 is 1.17 bits per heavy atom. The molecule has 1 aliphatic rings. The van der Waals surface area contributed by atoms with E-state index in [0.29, 0.717) is 0 Å². The number of hydrogen-bond acceptors (Lipinski definition) is 4. The molecule has 128 valence electrons. The molecule has 3 rings (SSSR count). The second-order valence-corrected chi connectivity index (χ2v) is 7.76. The molecule has 5 nitrogen and oxygen atoms in total. The lowest BCUT2D eigenvalue weighted by atomic mass is 9.95. The monoisotopic (exact) mass is 346 g/mol. The molecule has 0 saturated heterocycles. The smallest absolute Gasteiger partial charge is 0.213 e. The van der Waals surface area contributed by atoms with Gasteiger partial charge >= 0.3 is 0 Å². The van der Waals surface area contributed by atoms with E-state index in [4.69, 9.17) is 4.74 Å². The molecule has 2 aromatic carbocycles. The Labute approximate surface area is 143 Å². The van der Waals surface area contributed by atoms with Gasteiger partial charge in [-0.1, -0.05) is 36.4 Å². The minimum atomic E-state index is -3.38. The van der Waals surface area contributed by atoms with Gasteiger partial charge in [-0.05, 0) is 41.8 Å². The standard InChI is InChI=1S/C18H22N2O3S/c1-23-16-8-6-14(7-9-16)12-20-24(21,22)13-18-17-5-3-2-4-15(17)10-11-19-18/h2-9,18-20H,10-13H2,1H3. The first-order chi connectivity index (χ1) is 11.6. The summed E-state index contributed by atoms with van der Waals surface area (Å²) in [5.74, 6) is 0.796. The van der Waals surface area contributed by atoms with Crippen LogP contribution in [-0.2, 0) is 23.0 Å². The molecule has 0 spiro atoms. The van der Waals surface area contributed by atoms with Gasteiger partial charge in [-0.2, -0.15) is 0 Å². The van der Waals surface area contributed by atoms with E-state index in [0.717, 1.165) is 29.8 Å². The third-order valence-electron chi connectivity index (χ3n) is 4.26. The Balaban J connectivity index is 1.64. The van der Waals surface area contributed by atoms with E-state index in [2.05, 4.69) is 16.1 Å². The van der Waals surface area contributed by atoms with Gasteiger partial charge in [0.1, 0.15) is 5.75 Å². The van der Waals surface area contributed by atoms with Crippen LogP contribution < -0.4 is 14.8 Å². The van der Waals surface area contributed by atoms with Crippen LogP contribution in [0, 0.1) is 0 Å². The summed E-state index contributed by atoms with van der Waals surface area (Å²) < 4.78 is 32.6. The Bertz CT molecular complexity index is 788. The van der Waals surface area contributed by atoms with E-state index in [-0.39, 0.29) is 18.3 Å². The highest BCUT2D eigenvalue weighted by molar-refractivity contribution is 7.89. The third kappa shape index (κ3) is 4.14. The van der Waals surface area contributed by atoms with Crippen LogP contribution in [0.25, 0.3) is 0 Å². The van der Waals surface area contributed by atoms with Crippen molar-refractivity contribution in [3.63, 3.8) is 0 Å². The summed E-state index contributed by atoms with van der Waals surface area (Å²) in [6, 6.07) is 15.2. The van der Waals surface area contributed by atoms with Gasteiger partial charge < -0.3 is 10.1 Å². The number of nitrogens with one attached hydrogen (secondary N) is 2. The van der Waals surface area contributed by atoms with E-state index >= 15 is 0 Å². The number of methoxy groups -OCH3 is 1. The highest BCUT2D eigenvalue weighted by Gasteiger charge is 2.24. The highest BCUT2D eigenvalue weighted by Crippen LogP contribution is 2.23. The Kier molecular flexibility index (Phi) is 5.18. The van der Waals surface area contributed by atoms with E-state index in [1.807, 2.05) is 42.5 Å². The molecule has 24 heavy (non-hydrogen) atoms. The van der Waals surface area contributed by atoms with E-state index < -0.39 is 10.0 Å². The van der Waals surface area contributed by atoms with Crippen LogP contribution in [0.15, 0.2) is 48.5 Å². The van der Waals surface area contributed by atoms with Crippen molar-refractivity contribution < 1.29 is 13.2 Å². The van der Waals surface area contributed by atoms with Crippen LogP contribution in [0.3, 0.4) is 0 Å². The first-order valence-corrected chi connectivity index (χ1v) is 9.64. The molecule has 0 amide bonds. The third-order valence-corrected chi connectivity index (χ3v) is 5.61. The number of ether oxygens (including phenoxy) is 1. The lowest BCUT2D eigenvalue weighted by Crippen LogP contribution is -2.38. The molecule has 0 bridgehead atoms. The fourth-order valence-corrected chi connectivity index (χ4v) is 4.20. The average Bonchev–Trinajstić information content (AvgIpc) is 2.61. The molecule has 1 unspecified atom stereocenters. The molecule has 0 aromatic heterocycles. The Morgan fingerprint density at radius 3 is 2.67 bits per heavy atom. The quantitative estimate of drug-likeness (QED) is 0.840. The molecule has 6 heteroatoms. The number of fused-ring (bicyclic) bond motifs is 1. The van der Waals surface area contributed by atoms with Crippen molar-refractivity contribution in [3.8, 4) is 5.75 Å². The molecular formula is C18H22N2O3S. The van der Waals surface area contributed by atoms with Gasteiger partial charge in [0.15, 0.2) is 0 Å². The molecule has 1 atom stereocenters. The lowest BCUT2D eigenvalue weighted by molar-refractivity contribution is 0.414. The molecule has 0 radical (unpaired) electrons. The van der Waals surface area contributed by atoms with Gasteiger partial charge in [0.2, 0.25) is 10.0 Å². The topological polar surface area (TPSA) is 67.4 Å². The number of sulfonamides is 1. The van der Waals surface area contributed by atoms with Crippen molar-refractivity contribution in [1.29, 1.82) is 0 Å². The largest absolute Gasteiger partial charge is 0.497 e. The van der Waals surface area contributed by atoms with E-state index in [1.165, 1.54) is 5.56 Å². The minimum absolute atomic E-state index is 0.0418.